The standard InChI is InChI=1S/C55H102O9/c1-3-5-7-9-11-13-15-17-19-21-23-24-25-26-27-28-30-32-34-36-38-40-42-44-51(57)63-49(48-62-55-54(60)53(59)52(58)50(46-56)64-55)47-61-45-43-41-39-37-35-33-31-29-22-20-18-16-14-12-10-8-6-4-2/h15,17,21,23,25-26,49-50,52-56,58-60H,3-14,16,18-20,22,24,27-48H2,1-2H3/b17-15-,23-21-,26-25-. The summed E-state index contributed by atoms with van der Waals surface area (Å²) in [6.45, 7) is 4.58. The lowest BCUT2D eigenvalue weighted by Crippen LogP contribution is -2.59. The summed E-state index contributed by atoms with van der Waals surface area (Å²) in [7, 11) is 0. The lowest BCUT2D eigenvalue weighted by molar-refractivity contribution is -0.305. The van der Waals surface area contributed by atoms with E-state index in [1.807, 2.05) is 0 Å². The van der Waals surface area contributed by atoms with Crippen molar-refractivity contribution in [2.24, 2.45) is 0 Å². The van der Waals surface area contributed by atoms with Crippen LogP contribution in [0.3, 0.4) is 0 Å². The Kier molecular flexibility index (Phi) is 43.9. The van der Waals surface area contributed by atoms with Gasteiger partial charge in [-0.2, -0.15) is 0 Å². The van der Waals surface area contributed by atoms with Crippen LogP contribution in [0.15, 0.2) is 36.5 Å². The summed E-state index contributed by atoms with van der Waals surface area (Å²) in [5, 5.41) is 40.3. The van der Waals surface area contributed by atoms with Gasteiger partial charge in [0.05, 0.1) is 19.8 Å². The minimum atomic E-state index is -1.54. The van der Waals surface area contributed by atoms with Crippen LogP contribution in [0.1, 0.15) is 245 Å². The molecule has 376 valence electrons. The zero-order chi connectivity index (χ0) is 46.4. The molecule has 0 aromatic rings. The normalized spacial score (nSPS) is 19.8. The number of aliphatic hydroxyl groups is 4. The SMILES string of the molecule is CCCCCCC/C=C\C/C=C\C/C=C\CCCCCCCCCCC(=O)OC(COCCCCCCCCCCCCCCCCCCCC)COC1OC(CO)C(O)C(O)C1O. The molecule has 64 heavy (non-hydrogen) atoms. The first kappa shape index (κ1) is 60.4. The lowest BCUT2D eigenvalue weighted by Gasteiger charge is -2.39. The third-order valence-electron chi connectivity index (χ3n) is 12.6. The molecule has 0 bridgehead atoms. The van der Waals surface area contributed by atoms with Gasteiger partial charge in [0.15, 0.2) is 6.29 Å². The van der Waals surface area contributed by atoms with E-state index in [0.717, 1.165) is 51.4 Å². The molecule has 0 radical (unpaired) electrons. The van der Waals surface area contributed by atoms with Gasteiger partial charge in [-0.15, -0.1) is 0 Å². The molecule has 9 nitrogen and oxygen atoms in total. The third kappa shape index (κ3) is 36.5. The fourth-order valence-electron chi connectivity index (χ4n) is 8.32. The van der Waals surface area contributed by atoms with Crippen molar-refractivity contribution >= 4 is 5.97 Å². The number of aliphatic hydroxyl groups excluding tert-OH is 4. The molecule has 1 saturated heterocycles. The van der Waals surface area contributed by atoms with Crippen LogP contribution in [-0.2, 0) is 23.7 Å². The summed E-state index contributed by atoms with van der Waals surface area (Å²) in [5.74, 6) is -0.317. The molecule has 6 unspecified atom stereocenters. The highest BCUT2D eigenvalue weighted by molar-refractivity contribution is 5.69. The summed E-state index contributed by atoms with van der Waals surface area (Å²) >= 11 is 0. The first-order valence-corrected chi connectivity index (χ1v) is 27.1. The van der Waals surface area contributed by atoms with Crippen LogP contribution in [0.2, 0.25) is 0 Å². The van der Waals surface area contributed by atoms with Gasteiger partial charge in [-0.05, 0) is 51.4 Å². The highest BCUT2D eigenvalue weighted by Gasteiger charge is 2.44. The summed E-state index contributed by atoms with van der Waals surface area (Å²) < 4.78 is 22.9. The molecule has 9 heteroatoms. The van der Waals surface area contributed by atoms with E-state index in [-0.39, 0.29) is 19.2 Å². The van der Waals surface area contributed by atoms with E-state index < -0.39 is 43.4 Å². The number of unbranched alkanes of at least 4 members (excludes halogenated alkanes) is 30. The number of carbonyl (C=O) groups excluding carboxylic acids is 1. The Labute approximate surface area is 393 Å². The van der Waals surface area contributed by atoms with E-state index in [0.29, 0.717) is 13.0 Å². The fraction of sp³-hybridized carbons (Fsp3) is 0.873. The van der Waals surface area contributed by atoms with Crippen LogP contribution in [0.4, 0.5) is 0 Å². The van der Waals surface area contributed by atoms with E-state index in [1.54, 1.807) is 0 Å². The van der Waals surface area contributed by atoms with E-state index in [1.165, 1.54) is 173 Å². The summed E-state index contributed by atoms with van der Waals surface area (Å²) in [4.78, 5) is 12.9. The van der Waals surface area contributed by atoms with Crippen LogP contribution < -0.4 is 0 Å². The molecule has 0 amide bonds. The van der Waals surface area contributed by atoms with Gasteiger partial charge >= 0.3 is 5.97 Å². The van der Waals surface area contributed by atoms with Crippen molar-refractivity contribution in [2.45, 2.75) is 282 Å². The molecular formula is C55H102O9. The van der Waals surface area contributed by atoms with Gasteiger partial charge in [0.25, 0.3) is 0 Å². The number of hydrogen-bond acceptors (Lipinski definition) is 9. The molecule has 1 aliphatic heterocycles. The molecular weight excluding hydrogens is 805 g/mol. The third-order valence-corrected chi connectivity index (χ3v) is 12.6. The quantitative estimate of drug-likeness (QED) is 0.0267. The Morgan fingerprint density at radius 1 is 0.500 bits per heavy atom. The maximum Gasteiger partial charge on any atom is 0.306 e. The molecule has 0 aliphatic carbocycles. The van der Waals surface area contributed by atoms with Gasteiger partial charge in [0.2, 0.25) is 0 Å². The Balaban J connectivity index is 2.19. The second kappa shape index (κ2) is 46.5. The minimum Gasteiger partial charge on any atom is -0.457 e. The minimum absolute atomic E-state index is 0.113. The maximum atomic E-state index is 12.9. The number of carbonyl (C=O) groups is 1. The van der Waals surface area contributed by atoms with Crippen molar-refractivity contribution in [2.75, 3.05) is 26.4 Å². The van der Waals surface area contributed by atoms with Gasteiger partial charge in [0, 0.05) is 13.0 Å². The molecule has 0 spiro atoms. The van der Waals surface area contributed by atoms with Gasteiger partial charge in [-0.1, -0.05) is 224 Å². The number of allylic oxidation sites excluding steroid dienone is 6. The largest absolute Gasteiger partial charge is 0.457 e. The predicted molar refractivity (Wildman–Crippen MR) is 265 cm³/mol. The molecule has 4 N–H and O–H groups in total. The van der Waals surface area contributed by atoms with Crippen LogP contribution >= 0.6 is 0 Å². The lowest BCUT2D eigenvalue weighted by atomic mass is 9.99. The van der Waals surface area contributed by atoms with E-state index in [4.69, 9.17) is 18.9 Å². The number of rotatable bonds is 47. The first-order chi connectivity index (χ1) is 31.4. The van der Waals surface area contributed by atoms with Gasteiger partial charge in [-0.25, -0.2) is 0 Å². The Morgan fingerprint density at radius 2 is 0.906 bits per heavy atom. The number of ether oxygens (including phenoxy) is 4. The average Bonchev–Trinajstić information content (AvgIpc) is 3.30. The Morgan fingerprint density at radius 3 is 1.36 bits per heavy atom. The average molecular weight is 907 g/mol. The van der Waals surface area contributed by atoms with Crippen LogP contribution in [0, 0.1) is 0 Å². The highest BCUT2D eigenvalue weighted by Crippen LogP contribution is 2.23. The Bertz CT molecular complexity index is 1080. The summed E-state index contributed by atoms with van der Waals surface area (Å²) in [6.07, 6.45) is 50.3. The van der Waals surface area contributed by atoms with Crippen LogP contribution in [-0.4, -0.2) is 89.6 Å². The smallest absolute Gasteiger partial charge is 0.306 e. The summed E-state index contributed by atoms with van der Waals surface area (Å²) in [5.41, 5.74) is 0. The molecule has 0 aromatic carbocycles. The van der Waals surface area contributed by atoms with Crippen molar-refractivity contribution in [3.05, 3.63) is 36.5 Å². The second-order valence-corrected chi connectivity index (χ2v) is 18.7. The summed E-state index contributed by atoms with van der Waals surface area (Å²) in [6, 6.07) is 0. The number of hydrogen-bond donors (Lipinski definition) is 4. The van der Waals surface area contributed by atoms with Gasteiger partial charge in [0.1, 0.15) is 30.5 Å². The molecule has 6 atom stereocenters. The molecule has 0 aromatic heterocycles. The molecule has 1 aliphatic rings. The van der Waals surface area contributed by atoms with Crippen molar-refractivity contribution in [3.63, 3.8) is 0 Å². The van der Waals surface area contributed by atoms with Crippen LogP contribution in [0.5, 0.6) is 0 Å². The zero-order valence-corrected chi connectivity index (χ0v) is 41.5. The fourth-order valence-corrected chi connectivity index (χ4v) is 8.32. The highest BCUT2D eigenvalue weighted by atomic mass is 16.7. The van der Waals surface area contributed by atoms with E-state index in [9.17, 15) is 25.2 Å². The monoisotopic (exact) mass is 907 g/mol. The van der Waals surface area contributed by atoms with Crippen molar-refractivity contribution in [1.82, 2.24) is 0 Å². The van der Waals surface area contributed by atoms with E-state index in [2.05, 4.69) is 50.3 Å². The predicted octanol–water partition coefficient (Wildman–Crippen LogP) is 13.5. The van der Waals surface area contributed by atoms with Crippen LogP contribution in [0.25, 0.3) is 0 Å². The maximum absolute atomic E-state index is 12.9. The first-order valence-electron chi connectivity index (χ1n) is 27.1. The molecule has 1 fully saturated rings. The van der Waals surface area contributed by atoms with Gasteiger partial charge in [-0.3, -0.25) is 4.79 Å². The van der Waals surface area contributed by atoms with Gasteiger partial charge < -0.3 is 39.4 Å². The zero-order valence-electron chi connectivity index (χ0n) is 41.5. The van der Waals surface area contributed by atoms with E-state index >= 15 is 0 Å². The molecule has 1 rings (SSSR count). The topological polar surface area (TPSA) is 135 Å². The Hall–Kier alpha value is -1.59. The number of esters is 1. The second-order valence-electron chi connectivity index (χ2n) is 18.7. The van der Waals surface area contributed by atoms with Crippen molar-refractivity contribution in [1.29, 1.82) is 0 Å². The molecule has 0 saturated carbocycles. The van der Waals surface area contributed by atoms with Crippen molar-refractivity contribution < 1.29 is 44.2 Å². The van der Waals surface area contributed by atoms with Crippen molar-refractivity contribution in [3.8, 4) is 0 Å². The molecule has 1 heterocycles.